The number of hydrogen-bond acceptors (Lipinski definition) is 5. The van der Waals surface area contributed by atoms with E-state index >= 15 is 0 Å². The molecule has 4 aromatic rings. The summed E-state index contributed by atoms with van der Waals surface area (Å²) in [7, 11) is 0. The highest BCUT2D eigenvalue weighted by Crippen LogP contribution is 2.23. The van der Waals surface area contributed by atoms with Gasteiger partial charge in [0.15, 0.2) is 0 Å². The quantitative estimate of drug-likeness (QED) is 0.625. The number of aliphatic hydroxyl groups excluding tert-OH is 1. The molecule has 2 aromatic heterocycles. The highest BCUT2D eigenvalue weighted by Gasteiger charge is 2.17. The summed E-state index contributed by atoms with van der Waals surface area (Å²) < 4.78 is 7.68. The fourth-order valence-corrected chi connectivity index (χ4v) is 2.73. The number of aromatic nitrogens is 4. The van der Waals surface area contributed by atoms with Crippen molar-refractivity contribution in [3.8, 4) is 11.5 Å². The van der Waals surface area contributed by atoms with Crippen molar-refractivity contribution in [3.63, 3.8) is 0 Å². The van der Waals surface area contributed by atoms with Crippen LogP contribution in [0.15, 0.2) is 59.0 Å². The standard InChI is InChI=1S/C18H16N4O2/c1-12(23)17-19-14-9-5-6-10-15(14)22(17)11-16-20-21-18(24-16)13-7-3-2-4-8-13/h2-10,12,23H,11H2,1H3/t12-/m0/s1. The lowest BCUT2D eigenvalue weighted by Crippen LogP contribution is -2.08. The number of para-hydroxylation sites is 2. The van der Waals surface area contributed by atoms with E-state index in [0.717, 1.165) is 16.6 Å². The Morgan fingerprint density at radius 2 is 1.79 bits per heavy atom. The molecule has 0 aliphatic rings. The maximum Gasteiger partial charge on any atom is 0.247 e. The molecule has 0 spiro atoms. The second-order valence-electron chi connectivity index (χ2n) is 5.59. The lowest BCUT2D eigenvalue weighted by Gasteiger charge is -2.08. The van der Waals surface area contributed by atoms with Crippen molar-refractivity contribution in [2.75, 3.05) is 0 Å². The van der Waals surface area contributed by atoms with Crippen molar-refractivity contribution in [1.82, 2.24) is 19.7 Å². The second kappa shape index (κ2) is 5.90. The largest absolute Gasteiger partial charge is 0.419 e. The number of benzene rings is 2. The van der Waals surface area contributed by atoms with Crippen LogP contribution in [0, 0.1) is 0 Å². The lowest BCUT2D eigenvalue weighted by molar-refractivity contribution is 0.184. The minimum atomic E-state index is -0.686. The summed E-state index contributed by atoms with van der Waals surface area (Å²) in [5, 5.41) is 18.3. The van der Waals surface area contributed by atoms with E-state index in [-0.39, 0.29) is 0 Å². The molecule has 1 N–H and O–H groups in total. The Kier molecular flexibility index (Phi) is 3.59. The van der Waals surface area contributed by atoms with Crippen LogP contribution in [0.5, 0.6) is 0 Å². The molecule has 0 bridgehead atoms. The molecule has 6 heteroatoms. The van der Waals surface area contributed by atoms with Crippen LogP contribution in [-0.4, -0.2) is 24.9 Å². The minimum absolute atomic E-state index is 0.362. The van der Waals surface area contributed by atoms with Gasteiger partial charge in [-0.15, -0.1) is 10.2 Å². The second-order valence-corrected chi connectivity index (χ2v) is 5.59. The van der Waals surface area contributed by atoms with Crippen LogP contribution in [0.1, 0.15) is 24.7 Å². The van der Waals surface area contributed by atoms with Crippen LogP contribution in [0.4, 0.5) is 0 Å². The Morgan fingerprint density at radius 1 is 1.04 bits per heavy atom. The van der Waals surface area contributed by atoms with Gasteiger partial charge in [0.25, 0.3) is 0 Å². The maximum absolute atomic E-state index is 10.0. The fourth-order valence-electron chi connectivity index (χ4n) is 2.73. The van der Waals surface area contributed by atoms with Crippen LogP contribution in [0.2, 0.25) is 0 Å². The summed E-state index contributed by atoms with van der Waals surface area (Å²) in [5.74, 6) is 1.53. The molecule has 0 amide bonds. The Morgan fingerprint density at radius 3 is 2.58 bits per heavy atom. The van der Waals surface area contributed by atoms with Gasteiger partial charge in [0, 0.05) is 5.56 Å². The highest BCUT2D eigenvalue weighted by atomic mass is 16.4. The molecule has 0 aliphatic heterocycles. The Hall–Kier alpha value is -2.99. The summed E-state index contributed by atoms with van der Waals surface area (Å²) in [6, 6.07) is 17.4. The van der Waals surface area contributed by atoms with E-state index in [1.165, 1.54) is 0 Å². The zero-order valence-electron chi connectivity index (χ0n) is 13.1. The zero-order chi connectivity index (χ0) is 16.5. The van der Waals surface area contributed by atoms with Gasteiger partial charge in [0.1, 0.15) is 18.5 Å². The third kappa shape index (κ3) is 2.57. The summed E-state index contributed by atoms with van der Waals surface area (Å²) >= 11 is 0. The third-order valence-corrected chi connectivity index (χ3v) is 3.84. The van der Waals surface area contributed by atoms with Gasteiger partial charge in [0.05, 0.1) is 11.0 Å². The summed E-state index contributed by atoms with van der Waals surface area (Å²) in [4.78, 5) is 4.50. The smallest absolute Gasteiger partial charge is 0.247 e. The molecule has 0 saturated heterocycles. The molecular formula is C18H16N4O2. The van der Waals surface area contributed by atoms with Gasteiger partial charge >= 0.3 is 0 Å². The number of rotatable bonds is 4. The van der Waals surface area contributed by atoms with E-state index in [4.69, 9.17) is 4.42 Å². The number of aliphatic hydroxyl groups is 1. The predicted molar refractivity (Wildman–Crippen MR) is 89.2 cm³/mol. The molecule has 120 valence electrons. The van der Waals surface area contributed by atoms with Crippen molar-refractivity contribution >= 4 is 11.0 Å². The molecule has 2 aromatic carbocycles. The van der Waals surface area contributed by atoms with E-state index < -0.39 is 6.10 Å². The van der Waals surface area contributed by atoms with Crippen LogP contribution in [0.3, 0.4) is 0 Å². The zero-order valence-corrected chi connectivity index (χ0v) is 13.1. The number of imidazole rings is 1. The van der Waals surface area contributed by atoms with Crippen LogP contribution < -0.4 is 0 Å². The van der Waals surface area contributed by atoms with E-state index in [2.05, 4.69) is 15.2 Å². The molecule has 0 fully saturated rings. The van der Waals surface area contributed by atoms with E-state index in [0.29, 0.717) is 24.2 Å². The molecule has 0 aliphatic carbocycles. The average molecular weight is 320 g/mol. The van der Waals surface area contributed by atoms with Gasteiger partial charge in [-0.3, -0.25) is 0 Å². The van der Waals surface area contributed by atoms with Gasteiger partial charge in [-0.25, -0.2) is 4.98 Å². The average Bonchev–Trinajstić information content (AvgIpc) is 3.21. The SMILES string of the molecule is C[C@H](O)c1nc2ccccc2n1Cc1nnc(-c2ccccc2)o1. The highest BCUT2D eigenvalue weighted by molar-refractivity contribution is 5.76. The molecule has 4 rings (SSSR count). The maximum atomic E-state index is 10.0. The van der Waals surface area contributed by atoms with Gasteiger partial charge in [0.2, 0.25) is 11.8 Å². The van der Waals surface area contributed by atoms with Crippen LogP contribution in [-0.2, 0) is 6.54 Å². The first-order valence-corrected chi connectivity index (χ1v) is 7.73. The number of fused-ring (bicyclic) bond motifs is 1. The number of nitrogens with zero attached hydrogens (tertiary/aromatic N) is 4. The normalized spacial score (nSPS) is 12.6. The van der Waals surface area contributed by atoms with Gasteiger partial charge in [-0.05, 0) is 31.2 Å². The summed E-state index contributed by atoms with van der Waals surface area (Å²) in [5.41, 5.74) is 2.63. The van der Waals surface area contributed by atoms with Crippen molar-refractivity contribution in [2.45, 2.75) is 19.6 Å². The summed E-state index contributed by atoms with van der Waals surface area (Å²) in [6.07, 6.45) is -0.686. The molecular weight excluding hydrogens is 304 g/mol. The Bertz CT molecular complexity index is 973. The Balaban J connectivity index is 1.72. The number of hydrogen-bond donors (Lipinski definition) is 1. The monoisotopic (exact) mass is 320 g/mol. The fraction of sp³-hybridized carbons (Fsp3) is 0.167. The summed E-state index contributed by atoms with van der Waals surface area (Å²) in [6.45, 7) is 2.06. The molecule has 24 heavy (non-hydrogen) atoms. The molecule has 1 atom stereocenters. The Labute approximate surface area is 138 Å². The first-order chi connectivity index (χ1) is 11.7. The first kappa shape index (κ1) is 14.6. The van der Waals surface area contributed by atoms with Gasteiger partial charge in [-0.2, -0.15) is 0 Å². The molecule has 0 unspecified atom stereocenters. The van der Waals surface area contributed by atoms with E-state index in [1.807, 2.05) is 59.2 Å². The van der Waals surface area contributed by atoms with Crippen LogP contribution in [0.25, 0.3) is 22.5 Å². The molecule has 0 saturated carbocycles. The van der Waals surface area contributed by atoms with E-state index in [9.17, 15) is 5.11 Å². The third-order valence-electron chi connectivity index (χ3n) is 3.84. The van der Waals surface area contributed by atoms with Gasteiger partial charge < -0.3 is 14.1 Å². The van der Waals surface area contributed by atoms with Crippen molar-refractivity contribution in [2.24, 2.45) is 0 Å². The molecule has 0 radical (unpaired) electrons. The van der Waals surface area contributed by atoms with Crippen molar-refractivity contribution in [1.29, 1.82) is 0 Å². The molecule has 6 nitrogen and oxygen atoms in total. The van der Waals surface area contributed by atoms with Crippen molar-refractivity contribution < 1.29 is 9.52 Å². The minimum Gasteiger partial charge on any atom is -0.419 e. The topological polar surface area (TPSA) is 77.0 Å². The predicted octanol–water partition coefficient (Wildman–Crippen LogP) is 3.19. The van der Waals surface area contributed by atoms with Gasteiger partial charge in [-0.1, -0.05) is 30.3 Å². The van der Waals surface area contributed by atoms with E-state index in [1.54, 1.807) is 6.92 Å². The lowest BCUT2D eigenvalue weighted by atomic mass is 10.2. The first-order valence-electron chi connectivity index (χ1n) is 7.73. The van der Waals surface area contributed by atoms with Crippen molar-refractivity contribution in [3.05, 3.63) is 66.3 Å². The molecule has 2 heterocycles. The van der Waals surface area contributed by atoms with Crippen LogP contribution >= 0.6 is 0 Å².